The van der Waals surface area contributed by atoms with Gasteiger partial charge in [0, 0.05) is 41.8 Å². The first-order chi connectivity index (χ1) is 17.1. The number of benzene rings is 2. The summed E-state index contributed by atoms with van der Waals surface area (Å²) in [5.41, 5.74) is 20.7. The Labute approximate surface area is 214 Å². The Morgan fingerprint density at radius 3 is 2.50 bits per heavy atom. The van der Waals surface area contributed by atoms with Crippen LogP contribution >= 0.6 is 0 Å². The van der Waals surface area contributed by atoms with Gasteiger partial charge >= 0.3 is 0 Å². The molecule has 1 heterocycles. The van der Waals surface area contributed by atoms with Gasteiger partial charge < -0.3 is 27.4 Å². The van der Waals surface area contributed by atoms with Gasteiger partial charge in [0.2, 0.25) is 10.0 Å². The van der Waals surface area contributed by atoms with Crippen molar-refractivity contribution in [2.45, 2.75) is 42.7 Å². The van der Waals surface area contributed by atoms with E-state index in [1.54, 1.807) is 36.4 Å². The van der Waals surface area contributed by atoms with Crippen molar-refractivity contribution in [3.63, 3.8) is 0 Å². The molecule has 0 aromatic heterocycles. The lowest BCUT2D eigenvalue weighted by Crippen LogP contribution is -2.46. The van der Waals surface area contributed by atoms with Gasteiger partial charge in [0.05, 0.1) is 10.9 Å². The van der Waals surface area contributed by atoms with E-state index in [2.05, 4.69) is 28.1 Å². The van der Waals surface area contributed by atoms with Crippen LogP contribution in [-0.2, 0) is 16.4 Å². The highest BCUT2D eigenvalue weighted by atomic mass is 32.2. The third-order valence-electron chi connectivity index (χ3n) is 6.23. The maximum Gasteiger partial charge on any atom is 0.241 e. The Balaban J connectivity index is 1.87. The fraction of sp³-hybridized carbons (Fsp3) is 0.346. The molecular weight excluding hydrogens is 474 g/mol. The van der Waals surface area contributed by atoms with Crippen LogP contribution in [0.5, 0.6) is 0 Å². The van der Waals surface area contributed by atoms with Gasteiger partial charge in [0.15, 0.2) is 0 Å². The minimum Gasteiger partial charge on any atom is -0.384 e. The molecule has 1 saturated heterocycles. The summed E-state index contributed by atoms with van der Waals surface area (Å²) in [7, 11) is -3.89. The third-order valence-corrected chi connectivity index (χ3v) is 7.70. The molecule has 10 heteroatoms. The molecule has 36 heavy (non-hydrogen) atoms. The molecule has 1 fully saturated rings. The van der Waals surface area contributed by atoms with Crippen molar-refractivity contribution >= 4 is 21.5 Å². The second-order valence-electron chi connectivity index (χ2n) is 9.10. The second-order valence-corrected chi connectivity index (χ2v) is 10.8. The average molecular weight is 512 g/mol. The van der Waals surface area contributed by atoms with Crippen molar-refractivity contribution in [1.82, 2.24) is 9.62 Å². The molecule has 0 saturated carbocycles. The lowest BCUT2D eigenvalue weighted by molar-refractivity contribution is 0.248. The fourth-order valence-corrected chi connectivity index (χ4v) is 5.44. The van der Waals surface area contributed by atoms with Crippen molar-refractivity contribution in [3.05, 3.63) is 84.2 Å². The van der Waals surface area contributed by atoms with Gasteiger partial charge in [0.25, 0.3) is 0 Å². The van der Waals surface area contributed by atoms with E-state index in [-0.39, 0.29) is 16.8 Å². The molecule has 2 aromatic rings. The molecule has 2 aromatic carbocycles. The first-order valence-electron chi connectivity index (χ1n) is 12.0. The Hall–Kier alpha value is -3.18. The van der Waals surface area contributed by atoms with Crippen LogP contribution in [-0.4, -0.2) is 50.9 Å². The third kappa shape index (κ3) is 7.41. The van der Waals surface area contributed by atoms with E-state index in [4.69, 9.17) is 22.6 Å². The molecule has 0 bridgehead atoms. The fourth-order valence-electron chi connectivity index (χ4n) is 4.17. The Morgan fingerprint density at radius 2 is 1.83 bits per heavy atom. The van der Waals surface area contributed by atoms with Crippen molar-refractivity contribution < 1.29 is 8.42 Å². The minimum absolute atomic E-state index is 0.0432. The summed E-state index contributed by atoms with van der Waals surface area (Å²) >= 11 is 0. The quantitative estimate of drug-likeness (QED) is 0.188. The average Bonchev–Trinajstić information content (AvgIpc) is 2.84. The number of nitrogens with one attached hydrogen (secondary N) is 3. The number of piperidine rings is 1. The van der Waals surface area contributed by atoms with E-state index in [9.17, 15) is 8.42 Å². The second kappa shape index (κ2) is 12.2. The van der Waals surface area contributed by atoms with E-state index in [0.29, 0.717) is 55.1 Å². The summed E-state index contributed by atoms with van der Waals surface area (Å²) in [5, 5.41) is 10.8. The number of likely N-dealkylation sites (tertiary alicyclic amines) is 1. The number of nitrogen functional groups attached to an aromatic ring is 1. The maximum absolute atomic E-state index is 13.5. The van der Waals surface area contributed by atoms with Gasteiger partial charge in [-0.05, 0) is 62.1 Å². The van der Waals surface area contributed by atoms with Crippen LogP contribution in [0, 0.1) is 5.41 Å². The molecule has 1 atom stereocenters. The largest absolute Gasteiger partial charge is 0.384 e. The molecule has 0 amide bonds. The summed E-state index contributed by atoms with van der Waals surface area (Å²) in [6, 6.07) is 13.4. The van der Waals surface area contributed by atoms with E-state index >= 15 is 0 Å². The molecule has 0 radical (unpaired) electrons. The van der Waals surface area contributed by atoms with E-state index in [1.165, 1.54) is 0 Å². The SMILES string of the molecule is C=C(CCN)Nc1cccc(S(=O)(=O)N[C@@H](Cc2cccc(C(=N)N)c2)C(=C)N2CCC(N)CC2)c1. The molecule has 3 rings (SSSR count). The molecular formula is C26H37N7O2S. The standard InChI is InChI=1S/C26H37N7O2S/c1-18(9-12-27)31-23-7-4-8-24(17-23)36(34,35)32-25(19(2)33-13-10-22(28)11-14-33)16-20-5-3-6-21(15-20)26(29)30/h3-8,15,17,22,25,31-32H,1-2,9-14,16,27-28H2,(H3,29,30)/t25-/m0/s1. The van der Waals surface area contributed by atoms with Gasteiger partial charge in [0.1, 0.15) is 5.84 Å². The number of nitrogens with two attached hydrogens (primary N) is 3. The Bertz CT molecular complexity index is 1200. The Morgan fingerprint density at radius 1 is 1.14 bits per heavy atom. The molecule has 0 spiro atoms. The number of sulfonamides is 1. The van der Waals surface area contributed by atoms with Crippen molar-refractivity contribution in [3.8, 4) is 0 Å². The number of anilines is 1. The zero-order valence-electron chi connectivity index (χ0n) is 20.5. The molecule has 194 valence electrons. The van der Waals surface area contributed by atoms with Crippen molar-refractivity contribution in [2.75, 3.05) is 25.0 Å². The molecule has 1 aliphatic heterocycles. The first-order valence-corrected chi connectivity index (χ1v) is 13.5. The van der Waals surface area contributed by atoms with Crippen LogP contribution in [0.25, 0.3) is 0 Å². The van der Waals surface area contributed by atoms with Crippen molar-refractivity contribution in [1.29, 1.82) is 5.41 Å². The molecule has 1 aliphatic rings. The summed E-state index contributed by atoms with van der Waals surface area (Å²) < 4.78 is 29.9. The molecule has 0 unspecified atom stereocenters. The van der Waals surface area contributed by atoms with Crippen LogP contribution in [0.15, 0.2) is 78.0 Å². The number of nitrogens with zero attached hydrogens (tertiary/aromatic N) is 1. The number of amidine groups is 1. The van der Waals surface area contributed by atoms with Gasteiger partial charge in [-0.3, -0.25) is 5.41 Å². The van der Waals surface area contributed by atoms with E-state index in [0.717, 1.165) is 18.4 Å². The zero-order chi connectivity index (χ0) is 26.3. The van der Waals surface area contributed by atoms with Gasteiger partial charge in [-0.2, -0.15) is 0 Å². The predicted octanol–water partition coefficient (Wildman–Crippen LogP) is 2.07. The minimum atomic E-state index is -3.89. The maximum atomic E-state index is 13.5. The lowest BCUT2D eigenvalue weighted by atomic mass is 9.99. The van der Waals surface area contributed by atoms with Crippen LogP contribution in [0.2, 0.25) is 0 Å². The first kappa shape index (κ1) is 27.4. The lowest BCUT2D eigenvalue weighted by Gasteiger charge is -2.36. The van der Waals surface area contributed by atoms with E-state index in [1.807, 2.05) is 12.1 Å². The van der Waals surface area contributed by atoms with Gasteiger partial charge in [-0.25, -0.2) is 13.1 Å². The molecule has 9 nitrogen and oxygen atoms in total. The monoisotopic (exact) mass is 511 g/mol. The van der Waals surface area contributed by atoms with Crippen LogP contribution in [0.1, 0.15) is 30.4 Å². The summed E-state index contributed by atoms with van der Waals surface area (Å²) in [6.45, 7) is 10.1. The number of rotatable bonds is 12. The van der Waals surface area contributed by atoms with E-state index < -0.39 is 16.1 Å². The summed E-state index contributed by atoms with van der Waals surface area (Å²) in [5.74, 6) is -0.0432. The van der Waals surface area contributed by atoms with Crippen LogP contribution in [0.3, 0.4) is 0 Å². The predicted molar refractivity (Wildman–Crippen MR) is 146 cm³/mol. The molecule has 0 aliphatic carbocycles. The number of hydrogen-bond donors (Lipinski definition) is 6. The summed E-state index contributed by atoms with van der Waals surface area (Å²) in [4.78, 5) is 2.23. The Kier molecular flexibility index (Phi) is 9.27. The van der Waals surface area contributed by atoms with Crippen molar-refractivity contribution in [2.24, 2.45) is 17.2 Å². The highest BCUT2D eigenvalue weighted by Gasteiger charge is 2.27. The smallest absolute Gasteiger partial charge is 0.241 e. The summed E-state index contributed by atoms with van der Waals surface area (Å²) in [6.07, 6.45) is 2.57. The van der Waals surface area contributed by atoms with Gasteiger partial charge in [-0.15, -0.1) is 0 Å². The van der Waals surface area contributed by atoms with Crippen LogP contribution in [0.4, 0.5) is 5.69 Å². The number of hydrogen-bond acceptors (Lipinski definition) is 7. The molecule has 9 N–H and O–H groups in total. The highest BCUT2D eigenvalue weighted by Crippen LogP contribution is 2.22. The highest BCUT2D eigenvalue weighted by molar-refractivity contribution is 7.89. The normalized spacial score (nSPS) is 15.3. The van der Waals surface area contributed by atoms with Crippen LogP contribution < -0.4 is 27.2 Å². The zero-order valence-corrected chi connectivity index (χ0v) is 21.4. The topological polar surface area (TPSA) is 163 Å². The van der Waals surface area contributed by atoms with Gasteiger partial charge in [-0.1, -0.05) is 37.4 Å².